The van der Waals surface area contributed by atoms with Gasteiger partial charge in [-0.15, -0.1) is 0 Å². The zero-order valence-electron chi connectivity index (χ0n) is 13.9. The molecule has 0 saturated carbocycles. The van der Waals surface area contributed by atoms with Crippen LogP contribution in [0.2, 0.25) is 0 Å². The van der Waals surface area contributed by atoms with E-state index in [4.69, 9.17) is 15.2 Å². The lowest BCUT2D eigenvalue weighted by atomic mass is 10.1. The largest absolute Gasteiger partial charge is 0.503 e. The third-order valence-electron chi connectivity index (χ3n) is 3.04. The molecule has 0 saturated heterocycles. The average Bonchev–Trinajstić information content (AvgIpc) is 2.52. The van der Waals surface area contributed by atoms with Crippen LogP contribution in [0.15, 0.2) is 22.7 Å². The van der Waals surface area contributed by atoms with Crippen LogP contribution >= 0.6 is 15.9 Å². The number of hydrogen-bond acceptors (Lipinski definition) is 6. The number of methoxy groups -OCH3 is 1. The Hall–Kier alpha value is -2.55. The highest BCUT2D eigenvalue weighted by molar-refractivity contribution is 9.10. The number of carbonyl (C=O) groups excluding carboxylic acids is 3. The number of imide groups is 1. The van der Waals surface area contributed by atoms with Gasteiger partial charge < -0.3 is 20.3 Å². The lowest BCUT2D eigenvalue weighted by Crippen LogP contribution is -2.45. The van der Waals surface area contributed by atoms with Crippen LogP contribution in [0, 0.1) is 5.92 Å². The summed E-state index contributed by atoms with van der Waals surface area (Å²) in [6.45, 7) is 3.31. The maximum absolute atomic E-state index is 11.9. The number of phenols is 1. The number of nitrogens with two attached hydrogens (primary N) is 1. The average molecular weight is 415 g/mol. The lowest BCUT2D eigenvalue weighted by molar-refractivity contribution is -0.153. The molecule has 3 amide bonds. The van der Waals surface area contributed by atoms with Crippen LogP contribution in [0.4, 0.5) is 4.79 Å². The van der Waals surface area contributed by atoms with E-state index in [-0.39, 0.29) is 17.4 Å². The minimum absolute atomic E-state index is 0.0646. The second-order valence-electron chi connectivity index (χ2n) is 5.34. The number of nitrogens with one attached hydrogen (secondary N) is 1. The van der Waals surface area contributed by atoms with E-state index in [1.165, 1.54) is 19.3 Å². The minimum atomic E-state index is -1.16. The molecule has 0 unspecified atom stereocenters. The Bertz CT molecular complexity index is 702. The van der Waals surface area contributed by atoms with Crippen molar-refractivity contribution in [1.82, 2.24) is 5.32 Å². The summed E-state index contributed by atoms with van der Waals surface area (Å²) >= 11 is 3.17. The summed E-state index contributed by atoms with van der Waals surface area (Å²) in [5.74, 6) is -1.77. The number of halogens is 1. The van der Waals surface area contributed by atoms with E-state index in [1.54, 1.807) is 19.9 Å². The fourth-order valence-corrected chi connectivity index (χ4v) is 2.32. The third kappa shape index (κ3) is 6.11. The number of esters is 1. The molecule has 0 bridgehead atoms. The summed E-state index contributed by atoms with van der Waals surface area (Å²) in [6, 6.07) is 2.06. The summed E-state index contributed by atoms with van der Waals surface area (Å²) < 4.78 is 10.5. The number of urea groups is 1. The molecule has 8 nitrogen and oxygen atoms in total. The van der Waals surface area contributed by atoms with E-state index < -0.39 is 24.0 Å². The minimum Gasteiger partial charge on any atom is -0.503 e. The van der Waals surface area contributed by atoms with Gasteiger partial charge in [0.15, 0.2) is 17.6 Å². The molecule has 1 rings (SSSR count). The predicted molar refractivity (Wildman–Crippen MR) is 93.8 cm³/mol. The Balaban J connectivity index is 2.87. The van der Waals surface area contributed by atoms with Crippen molar-refractivity contribution in [2.75, 3.05) is 7.11 Å². The lowest BCUT2D eigenvalue weighted by Gasteiger charge is -2.18. The first-order valence-corrected chi connectivity index (χ1v) is 8.00. The second kappa shape index (κ2) is 9.07. The fourth-order valence-electron chi connectivity index (χ4n) is 1.86. The van der Waals surface area contributed by atoms with Crippen molar-refractivity contribution in [2.24, 2.45) is 11.7 Å². The van der Waals surface area contributed by atoms with E-state index in [9.17, 15) is 19.5 Å². The standard InChI is InChI=1S/C16H19BrN2O6/c1-8(2)14(15(22)19-16(18)23)25-12(20)5-4-9-6-10(17)13(21)11(7-9)24-3/h4-8,14,21H,1-3H3,(H3,18,19,22,23)/b5-4+/t14-/m1/s1. The first kappa shape index (κ1) is 20.5. The molecular formula is C16H19BrN2O6. The first-order chi connectivity index (χ1) is 11.6. The molecule has 0 aliphatic carbocycles. The number of aromatic hydroxyl groups is 1. The maximum atomic E-state index is 11.9. The van der Waals surface area contributed by atoms with Gasteiger partial charge in [0.2, 0.25) is 0 Å². The molecule has 0 aliphatic heterocycles. The summed E-state index contributed by atoms with van der Waals surface area (Å²) in [6.07, 6.45) is 1.38. The number of rotatable bonds is 6. The van der Waals surface area contributed by atoms with Gasteiger partial charge in [-0.1, -0.05) is 13.8 Å². The third-order valence-corrected chi connectivity index (χ3v) is 3.64. The van der Waals surface area contributed by atoms with Gasteiger partial charge in [-0.3, -0.25) is 10.1 Å². The molecule has 0 aromatic heterocycles. The zero-order chi connectivity index (χ0) is 19.1. The van der Waals surface area contributed by atoms with Gasteiger partial charge in [-0.25, -0.2) is 9.59 Å². The quantitative estimate of drug-likeness (QED) is 0.481. The Morgan fingerprint density at radius 3 is 2.48 bits per heavy atom. The molecule has 136 valence electrons. The molecule has 9 heteroatoms. The van der Waals surface area contributed by atoms with Crippen LogP contribution in [0.3, 0.4) is 0 Å². The molecule has 1 atom stereocenters. The monoisotopic (exact) mass is 414 g/mol. The van der Waals surface area contributed by atoms with Crippen LogP contribution in [0.1, 0.15) is 19.4 Å². The number of benzene rings is 1. The van der Waals surface area contributed by atoms with E-state index in [2.05, 4.69) is 15.9 Å². The van der Waals surface area contributed by atoms with E-state index >= 15 is 0 Å². The van der Waals surface area contributed by atoms with Crippen LogP contribution in [-0.2, 0) is 14.3 Å². The number of phenolic OH excluding ortho intramolecular Hbond substituents is 1. The molecule has 1 aromatic carbocycles. The Labute approximate surface area is 153 Å². The van der Waals surface area contributed by atoms with E-state index in [0.717, 1.165) is 6.08 Å². The number of amides is 3. The summed E-state index contributed by atoms with van der Waals surface area (Å²) in [5.41, 5.74) is 5.45. The molecule has 4 N–H and O–H groups in total. The van der Waals surface area contributed by atoms with Crippen molar-refractivity contribution in [3.05, 3.63) is 28.2 Å². The molecule has 0 fully saturated rings. The highest BCUT2D eigenvalue weighted by Crippen LogP contribution is 2.35. The highest BCUT2D eigenvalue weighted by Gasteiger charge is 2.26. The summed E-state index contributed by atoms with van der Waals surface area (Å²) in [7, 11) is 1.40. The van der Waals surface area contributed by atoms with E-state index in [0.29, 0.717) is 10.0 Å². The highest BCUT2D eigenvalue weighted by atomic mass is 79.9. The van der Waals surface area contributed by atoms with Crippen molar-refractivity contribution in [2.45, 2.75) is 20.0 Å². The van der Waals surface area contributed by atoms with Gasteiger partial charge in [0.25, 0.3) is 5.91 Å². The van der Waals surface area contributed by atoms with Crippen molar-refractivity contribution >= 4 is 39.9 Å². The molecule has 0 aliphatic rings. The Morgan fingerprint density at radius 2 is 1.96 bits per heavy atom. The number of primary amides is 1. The zero-order valence-corrected chi connectivity index (χ0v) is 15.5. The van der Waals surface area contributed by atoms with Crippen molar-refractivity contribution in [3.8, 4) is 11.5 Å². The normalized spacial score (nSPS) is 12.0. The molecule has 1 aromatic rings. The SMILES string of the molecule is COc1cc(/C=C/C(=O)O[C@@H](C(=O)NC(N)=O)C(C)C)cc(Br)c1O. The predicted octanol–water partition coefficient (Wildman–Crippen LogP) is 1.94. The fraction of sp³-hybridized carbons (Fsp3) is 0.312. The van der Waals surface area contributed by atoms with Crippen LogP contribution < -0.4 is 15.8 Å². The maximum Gasteiger partial charge on any atom is 0.331 e. The van der Waals surface area contributed by atoms with Gasteiger partial charge >= 0.3 is 12.0 Å². The number of ether oxygens (including phenoxy) is 2. The van der Waals surface area contributed by atoms with Gasteiger partial charge in [0.05, 0.1) is 11.6 Å². The molecule has 0 spiro atoms. The first-order valence-electron chi connectivity index (χ1n) is 7.21. The molecular weight excluding hydrogens is 396 g/mol. The van der Waals surface area contributed by atoms with Gasteiger partial charge in [-0.2, -0.15) is 0 Å². The Kier molecular flexibility index (Phi) is 7.43. The Morgan fingerprint density at radius 1 is 1.32 bits per heavy atom. The number of carbonyl (C=O) groups is 3. The number of hydrogen-bond donors (Lipinski definition) is 3. The van der Waals surface area contributed by atoms with Crippen molar-refractivity contribution in [1.29, 1.82) is 0 Å². The molecule has 25 heavy (non-hydrogen) atoms. The van der Waals surface area contributed by atoms with Crippen molar-refractivity contribution < 1.29 is 29.0 Å². The van der Waals surface area contributed by atoms with Gasteiger partial charge in [-0.05, 0) is 45.6 Å². The van der Waals surface area contributed by atoms with E-state index in [1.807, 2.05) is 5.32 Å². The molecule has 0 radical (unpaired) electrons. The smallest absolute Gasteiger partial charge is 0.331 e. The van der Waals surface area contributed by atoms with Gasteiger partial charge in [0.1, 0.15) is 0 Å². The summed E-state index contributed by atoms with van der Waals surface area (Å²) in [4.78, 5) is 34.5. The summed E-state index contributed by atoms with van der Waals surface area (Å²) in [5, 5.41) is 11.6. The van der Waals surface area contributed by atoms with Crippen LogP contribution in [0.5, 0.6) is 11.5 Å². The second-order valence-corrected chi connectivity index (χ2v) is 6.20. The topological polar surface area (TPSA) is 128 Å². The van der Waals surface area contributed by atoms with Gasteiger partial charge in [0, 0.05) is 6.08 Å². The van der Waals surface area contributed by atoms with Crippen molar-refractivity contribution in [3.63, 3.8) is 0 Å². The molecule has 0 heterocycles. The van der Waals surface area contributed by atoms with Crippen LogP contribution in [-0.4, -0.2) is 36.2 Å². The van der Waals surface area contributed by atoms with Crippen LogP contribution in [0.25, 0.3) is 6.08 Å².